The van der Waals surface area contributed by atoms with Gasteiger partial charge in [0.15, 0.2) is 0 Å². The van der Waals surface area contributed by atoms with Crippen molar-refractivity contribution in [1.29, 1.82) is 5.26 Å². The number of rotatable bonds is 10. The van der Waals surface area contributed by atoms with E-state index in [1.807, 2.05) is 6.07 Å². The lowest BCUT2D eigenvalue weighted by Gasteiger charge is -2.17. The first kappa shape index (κ1) is 21.2. The number of nitrogens with one attached hydrogen (secondary N) is 3. The van der Waals surface area contributed by atoms with E-state index in [-0.39, 0.29) is 11.5 Å². The Kier molecular flexibility index (Phi) is 9.50. The lowest BCUT2D eigenvalue weighted by atomic mass is 10.2. The van der Waals surface area contributed by atoms with Crippen LogP contribution in [0, 0.1) is 11.3 Å². The first-order valence-electron chi connectivity index (χ1n) is 8.75. The topological polar surface area (TPSA) is 97.3 Å². The predicted molar refractivity (Wildman–Crippen MR) is 103 cm³/mol. The van der Waals surface area contributed by atoms with Crippen molar-refractivity contribution in [2.24, 2.45) is 0 Å². The smallest absolute Gasteiger partial charge is 0.267 e. The van der Waals surface area contributed by atoms with Gasteiger partial charge in [-0.15, -0.1) is 0 Å². The van der Waals surface area contributed by atoms with Crippen LogP contribution >= 0.6 is 0 Å². The molecule has 1 rings (SSSR count). The molecule has 0 aliphatic carbocycles. The van der Waals surface area contributed by atoms with Gasteiger partial charge in [-0.1, -0.05) is 13.8 Å². The molecule has 7 heteroatoms. The number of benzene rings is 1. The Hall–Kier alpha value is -2.85. The minimum atomic E-state index is -0.476. The number of hydrogen-bond donors (Lipinski definition) is 3. The molecule has 1 aromatic rings. The van der Waals surface area contributed by atoms with Crippen molar-refractivity contribution in [3.63, 3.8) is 0 Å². The molecule has 0 fully saturated rings. The van der Waals surface area contributed by atoms with E-state index in [4.69, 9.17) is 5.26 Å². The van der Waals surface area contributed by atoms with Gasteiger partial charge in [-0.3, -0.25) is 9.59 Å². The predicted octanol–water partition coefficient (Wildman–Crippen LogP) is 2.31. The largest absolute Gasteiger partial charge is 0.390 e. The van der Waals surface area contributed by atoms with E-state index in [9.17, 15) is 9.59 Å². The highest BCUT2D eigenvalue weighted by molar-refractivity contribution is 6.06. The number of nitriles is 1. The van der Waals surface area contributed by atoms with Gasteiger partial charge in [0.05, 0.1) is 0 Å². The quantitative estimate of drug-likeness (QED) is 0.339. The Balaban J connectivity index is 2.50. The molecule has 0 atom stereocenters. The summed E-state index contributed by atoms with van der Waals surface area (Å²) in [7, 11) is 0. The third-order valence-electron chi connectivity index (χ3n) is 3.76. The van der Waals surface area contributed by atoms with Crippen molar-refractivity contribution in [2.45, 2.75) is 27.2 Å². The van der Waals surface area contributed by atoms with Crippen LogP contribution in [-0.2, 0) is 9.59 Å². The summed E-state index contributed by atoms with van der Waals surface area (Å²) in [4.78, 5) is 25.5. The van der Waals surface area contributed by atoms with Gasteiger partial charge in [0, 0.05) is 31.0 Å². The molecule has 0 aliphatic heterocycles. The number of carbonyl (C=O) groups is 2. The van der Waals surface area contributed by atoms with Crippen LogP contribution < -0.4 is 16.0 Å². The van der Waals surface area contributed by atoms with E-state index in [1.165, 1.54) is 13.1 Å². The Morgan fingerprint density at radius 3 is 2.19 bits per heavy atom. The summed E-state index contributed by atoms with van der Waals surface area (Å²) in [5.74, 6) is -0.639. The van der Waals surface area contributed by atoms with Crippen LogP contribution in [0.3, 0.4) is 0 Å². The molecular weight excluding hydrogens is 330 g/mol. The maximum Gasteiger partial charge on any atom is 0.267 e. The molecule has 26 heavy (non-hydrogen) atoms. The van der Waals surface area contributed by atoms with Crippen LogP contribution in [0.4, 0.5) is 11.4 Å². The highest BCUT2D eigenvalue weighted by Crippen LogP contribution is 2.14. The molecule has 7 nitrogen and oxygen atoms in total. The second-order valence-corrected chi connectivity index (χ2v) is 5.72. The van der Waals surface area contributed by atoms with Crippen LogP contribution in [0.5, 0.6) is 0 Å². The van der Waals surface area contributed by atoms with Gasteiger partial charge in [0.25, 0.3) is 5.91 Å². The second kappa shape index (κ2) is 11.7. The fraction of sp³-hybridized carbons (Fsp3) is 0.421. The van der Waals surface area contributed by atoms with Gasteiger partial charge < -0.3 is 20.9 Å². The van der Waals surface area contributed by atoms with Gasteiger partial charge in [-0.25, -0.2) is 0 Å². The summed E-state index contributed by atoms with van der Waals surface area (Å²) in [6.07, 6.45) is 2.38. The average molecular weight is 357 g/mol. The SMILES string of the molecule is CCN(CC)CCCN/C=C(/C#N)C(=O)Nc1ccc(NC(C)=O)cc1. The van der Waals surface area contributed by atoms with Crippen LogP contribution in [0.25, 0.3) is 0 Å². The normalized spacial score (nSPS) is 11.0. The molecule has 0 heterocycles. The van der Waals surface area contributed by atoms with Crippen molar-refractivity contribution in [1.82, 2.24) is 10.2 Å². The zero-order valence-electron chi connectivity index (χ0n) is 15.6. The monoisotopic (exact) mass is 357 g/mol. The summed E-state index contributed by atoms with van der Waals surface area (Å²) in [5, 5.41) is 17.5. The van der Waals surface area contributed by atoms with Gasteiger partial charge in [0.2, 0.25) is 5.91 Å². The maximum absolute atomic E-state index is 12.2. The standard InChI is InChI=1S/C19H27N5O2/c1-4-24(5-2)12-6-11-21-14-16(13-20)19(26)23-18-9-7-17(8-10-18)22-15(3)25/h7-10,14,21H,4-6,11-12H2,1-3H3,(H,22,25)(H,23,26)/b16-14-. The van der Waals surface area contributed by atoms with Gasteiger partial charge in [-0.2, -0.15) is 5.26 Å². The highest BCUT2D eigenvalue weighted by atomic mass is 16.2. The lowest BCUT2D eigenvalue weighted by Crippen LogP contribution is -2.26. The molecule has 0 bridgehead atoms. The zero-order chi connectivity index (χ0) is 19.4. The van der Waals surface area contributed by atoms with Gasteiger partial charge in [0.1, 0.15) is 11.6 Å². The zero-order valence-corrected chi connectivity index (χ0v) is 15.6. The van der Waals surface area contributed by atoms with Crippen LogP contribution in [0.2, 0.25) is 0 Å². The van der Waals surface area contributed by atoms with Crippen LogP contribution in [-0.4, -0.2) is 42.9 Å². The molecule has 0 aromatic heterocycles. The van der Waals surface area contributed by atoms with Crippen molar-refractivity contribution in [3.05, 3.63) is 36.0 Å². The Bertz CT molecular complexity index is 658. The molecule has 0 saturated carbocycles. The summed E-state index contributed by atoms with van der Waals surface area (Å²) in [6.45, 7) is 9.37. The Labute approximate surface area is 155 Å². The highest BCUT2D eigenvalue weighted by Gasteiger charge is 2.09. The molecule has 0 saturated heterocycles. The van der Waals surface area contributed by atoms with Crippen LogP contribution in [0.1, 0.15) is 27.2 Å². The van der Waals surface area contributed by atoms with Crippen molar-refractivity contribution in [2.75, 3.05) is 36.8 Å². The fourth-order valence-corrected chi connectivity index (χ4v) is 2.31. The molecule has 0 spiro atoms. The lowest BCUT2D eigenvalue weighted by molar-refractivity contribution is -0.114. The summed E-state index contributed by atoms with van der Waals surface area (Å²) in [6, 6.07) is 8.58. The van der Waals surface area contributed by atoms with Crippen molar-refractivity contribution < 1.29 is 9.59 Å². The first-order chi connectivity index (χ1) is 12.5. The maximum atomic E-state index is 12.2. The van der Waals surface area contributed by atoms with Gasteiger partial charge >= 0.3 is 0 Å². The molecule has 1 aromatic carbocycles. The molecular formula is C19H27N5O2. The minimum Gasteiger partial charge on any atom is -0.390 e. The fourth-order valence-electron chi connectivity index (χ4n) is 2.31. The van der Waals surface area contributed by atoms with E-state index < -0.39 is 5.91 Å². The van der Waals surface area contributed by atoms with E-state index in [0.717, 1.165) is 26.1 Å². The number of carbonyl (C=O) groups excluding carboxylic acids is 2. The summed E-state index contributed by atoms with van der Waals surface area (Å²) in [5.41, 5.74) is 1.20. The Morgan fingerprint density at radius 2 is 1.69 bits per heavy atom. The van der Waals surface area contributed by atoms with Crippen molar-refractivity contribution in [3.8, 4) is 6.07 Å². The van der Waals surface area contributed by atoms with E-state index in [1.54, 1.807) is 24.3 Å². The average Bonchev–Trinajstić information content (AvgIpc) is 2.62. The number of hydrogen-bond acceptors (Lipinski definition) is 5. The van der Waals surface area contributed by atoms with E-state index in [0.29, 0.717) is 17.9 Å². The first-order valence-corrected chi connectivity index (χ1v) is 8.75. The third kappa shape index (κ3) is 7.81. The summed E-state index contributed by atoms with van der Waals surface area (Å²) >= 11 is 0. The number of nitrogens with zero attached hydrogens (tertiary/aromatic N) is 2. The molecule has 3 N–H and O–H groups in total. The van der Waals surface area contributed by atoms with E-state index in [2.05, 4.69) is 34.7 Å². The molecule has 0 radical (unpaired) electrons. The molecule has 0 aliphatic rings. The van der Waals surface area contributed by atoms with Gasteiger partial charge in [-0.05, 0) is 50.3 Å². The minimum absolute atomic E-state index is 0.0128. The molecule has 140 valence electrons. The second-order valence-electron chi connectivity index (χ2n) is 5.72. The van der Waals surface area contributed by atoms with E-state index >= 15 is 0 Å². The molecule has 0 unspecified atom stereocenters. The Morgan fingerprint density at radius 1 is 1.12 bits per heavy atom. The summed E-state index contributed by atoms with van der Waals surface area (Å²) < 4.78 is 0. The third-order valence-corrected chi connectivity index (χ3v) is 3.76. The van der Waals surface area contributed by atoms with Crippen LogP contribution in [0.15, 0.2) is 36.0 Å². The number of amides is 2. The number of anilines is 2. The molecule has 2 amide bonds. The van der Waals surface area contributed by atoms with Crippen molar-refractivity contribution >= 4 is 23.2 Å².